The molecule has 1 aromatic carbocycles. The summed E-state index contributed by atoms with van der Waals surface area (Å²) in [6.07, 6.45) is 0. The van der Waals surface area contributed by atoms with Crippen molar-refractivity contribution >= 4 is 5.91 Å². The standard InChI is InChI=1S/C14H17N3O2.ClH/c15-11-12-1-3-13(4-2-12)14(19)17-7-5-16(6-8-17)9-10-18;/h1-4,18H,5-10H2;1H. The monoisotopic (exact) mass is 295 g/mol. The van der Waals surface area contributed by atoms with E-state index in [1.807, 2.05) is 11.0 Å². The molecule has 0 saturated carbocycles. The van der Waals surface area contributed by atoms with E-state index in [-0.39, 0.29) is 24.9 Å². The SMILES string of the molecule is N#Cc1ccc(C(=O)N2CC[NH+](CCO)CC2)cc1.[Cl-]. The number of carbonyl (C=O) groups is 1. The van der Waals surface area contributed by atoms with Crippen LogP contribution in [0.2, 0.25) is 0 Å². The summed E-state index contributed by atoms with van der Waals surface area (Å²) in [7, 11) is 0. The number of rotatable bonds is 3. The molecule has 0 unspecified atom stereocenters. The van der Waals surface area contributed by atoms with E-state index in [4.69, 9.17) is 10.4 Å². The van der Waals surface area contributed by atoms with Gasteiger partial charge in [-0.2, -0.15) is 5.26 Å². The molecular formula is C14H18ClN3O2. The molecule has 6 heteroatoms. The second kappa shape index (κ2) is 7.85. The molecule has 1 fully saturated rings. The van der Waals surface area contributed by atoms with Gasteiger partial charge in [-0.25, -0.2) is 0 Å². The van der Waals surface area contributed by atoms with Crippen LogP contribution in [0.4, 0.5) is 0 Å². The van der Waals surface area contributed by atoms with Gasteiger partial charge in [-0.3, -0.25) is 4.79 Å². The minimum Gasteiger partial charge on any atom is -1.00 e. The topological polar surface area (TPSA) is 68.8 Å². The number of quaternary nitrogens is 1. The Hall–Kier alpha value is -1.61. The van der Waals surface area contributed by atoms with Crippen molar-refractivity contribution in [3.63, 3.8) is 0 Å². The van der Waals surface area contributed by atoms with E-state index in [1.165, 1.54) is 4.90 Å². The van der Waals surface area contributed by atoms with Crippen LogP contribution >= 0.6 is 0 Å². The fourth-order valence-corrected chi connectivity index (χ4v) is 2.30. The summed E-state index contributed by atoms with van der Waals surface area (Å²) in [4.78, 5) is 15.4. The number of carbonyl (C=O) groups excluding carboxylic acids is 1. The van der Waals surface area contributed by atoms with Crippen LogP contribution in [0, 0.1) is 11.3 Å². The first-order chi connectivity index (χ1) is 9.24. The van der Waals surface area contributed by atoms with Crippen molar-refractivity contribution in [2.24, 2.45) is 0 Å². The van der Waals surface area contributed by atoms with Gasteiger partial charge in [-0.15, -0.1) is 0 Å². The number of piperazine rings is 1. The second-order valence-electron chi connectivity index (χ2n) is 4.70. The molecule has 1 aliphatic heterocycles. The highest BCUT2D eigenvalue weighted by atomic mass is 35.5. The maximum absolute atomic E-state index is 12.2. The van der Waals surface area contributed by atoms with E-state index in [1.54, 1.807) is 24.3 Å². The predicted octanol–water partition coefficient (Wildman–Crippen LogP) is -4.10. The summed E-state index contributed by atoms with van der Waals surface area (Å²) in [5.74, 6) is 0.0209. The summed E-state index contributed by atoms with van der Waals surface area (Å²) < 4.78 is 0. The number of amides is 1. The van der Waals surface area contributed by atoms with Gasteiger partial charge in [0.2, 0.25) is 0 Å². The van der Waals surface area contributed by atoms with Crippen LogP contribution in [-0.2, 0) is 0 Å². The predicted molar refractivity (Wildman–Crippen MR) is 69.7 cm³/mol. The first-order valence-electron chi connectivity index (χ1n) is 6.48. The zero-order valence-corrected chi connectivity index (χ0v) is 11.9. The molecule has 20 heavy (non-hydrogen) atoms. The van der Waals surface area contributed by atoms with E-state index in [0.29, 0.717) is 24.2 Å². The van der Waals surface area contributed by atoms with E-state index < -0.39 is 0 Å². The van der Waals surface area contributed by atoms with E-state index >= 15 is 0 Å². The number of benzene rings is 1. The molecule has 0 bridgehead atoms. The van der Waals surface area contributed by atoms with Crippen molar-refractivity contribution in [1.29, 1.82) is 5.26 Å². The summed E-state index contributed by atoms with van der Waals surface area (Å²) in [6.45, 7) is 4.13. The smallest absolute Gasteiger partial charge is 0.254 e. The summed E-state index contributed by atoms with van der Waals surface area (Å²) >= 11 is 0. The molecule has 2 N–H and O–H groups in total. The van der Waals surface area contributed by atoms with Gasteiger partial charge in [0.25, 0.3) is 5.91 Å². The molecule has 1 saturated heterocycles. The molecule has 5 nitrogen and oxygen atoms in total. The van der Waals surface area contributed by atoms with Gasteiger partial charge in [0.1, 0.15) is 6.54 Å². The molecule has 0 aromatic heterocycles. The van der Waals surface area contributed by atoms with E-state index in [2.05, 4.69) is 0 Å². The van der Waals surface area contributed by atoms with Gasteiger partial charge in [-0.05, 0) is 24.3 Å². The molecule has 0 aliphatic carbocycles. The van der Waals surface area contributed by atoms with Crippen molar-refractivity contribution in [2.75, 3.05) is 39.3 Å². The van der Waals surface area contributed by atoms with Crippen molar-refractivity contribution in [1.82, 2.24) is 4.90 Å². The van der Waals surface area contributed by atoms with Gasteiger partial charge in [0, 0.05) is 5.56 Å². The van der Waals surface area contributed by atoms with Gasteiger partial charge in [0.05, 0.1) is 44.4 Å². The molecule has 1 heterocycles. The molecule has 1 aliphatic rings. The van der Waals surface area contributed by atoms with Crippen molar-refractivity contribution in [2.45, 2.75) is 0 Å². The summed E-state index contributed by atoms with van der Waals surface area (Å²) in [5.41, 5.74) is 1.19. The molecule has 1 amide bonds. The lowest BCUT2D eigenvalue weighted by atomic mass is 10.1. The number of nitriles is 1. The number of halogens is 1. The highest BCUT2D eigenvalue weighted by molar-refractivity contribution is 5.94. The first-order valence-corrected chi connectivity index (χ1v) is 6.48. The van der Waals surface area contributed by atoms with E-state index in [0.717, 1.165) is 19.6 Å². The van der Waals surface area contributed by atoms with Gasteiger partial charge >= 0.3 is 0 Å². The average Bonchev–Trinajstić information content (AvgIpc) is 2.48. The lowest BCUT2D eigenvalue weighted by Gasteiger charge is -2.31. The lowest BCUT2D eigenvalue weighted by Crippen LogP contribution is -3.15. The Kier molecular flexibility index (Phi) is 6.46. The maximum atomic E-state index is 12.2. The second-order valence-corrected chi connectivity index (χ2v) is 4.70. The Morgan fingerprint density at radius 1 is 1.30 bits per heavy atom. The van der Waals surface area contributed by atoms with Crippen LogP contribution in [0.5, 0.6) is 0 Å². The first kappa shape index (κ1) is 16.4. The zero-order chi connectivity index (χ0) is 13.7. The molecule has 2 rings (SSSR count). The van der Waals surface area contributed by atoms with Gasteiger partial charge in [0.15, 0.2) is 0 Å². The molecular weight excluding hydrogens is 278 g/mol. The number of aliphatic hydroxyl groups is 1. The Labute approximate surface area is 124 Å². The Bertz CT molecular complexity index is 476. The zero-order valence-electron chi connectivity index (χ0n) is 11.2. The molecule has 0 spiro atoms. The fraction of sp³-hybridized carbons (Fsp3) is 0.429. The van der Waals surface area contributed by atoms with Crippen LogP contribution in [-0.4, -0.2) is 55.2 Å². The average molecular weight is 296 g/mol. The van der Waals surface area contributed by atoms with Gasteiger partial charge < -0.3 is 27.3 Å². The van der Waals surface area contributed by atoms with Crippen LogP contribution in [0.15, 0.2) is 24.3 Å². The van der Waals surface area contributed by atoms with Crippen molar-refractivity contribution < 1.29 is 27.2 Å². The van der Waals surface area contributed by atoms with Crippen LogP contribution in [0.25, 0.3) is 0 Å². The highest BCUT2D eigenvalue weighted by Crippen LogP contribution is 2.07. The molecule has 1 aromatic rings. The highest BCUT2D eigenvalue weighted by Gasteiger charge is 2.23. The number of nitrogens with one attached hydrogen (secondary N) is 1. The largest absolute Gasteiger partial charge is 1.00 e. The Balaban J connectivity index is 0.00000200. The van der Waals surface area contributed by atoms with Crippen molar-refractivity contribution in [3.8, 4) is 6.07 Å². The van der Waals surface area contributed by atoms with Crippen LogP contribution in [0.3, 0.4) is 0 Å². The molecule has 0 radical (unpaired) electrons. The van der Waals surface area contributed by atoms with Crippen LogP contribution < -0.4 is 17.3 Å². The Morgan fingerprint density at radius 2 is 1.90 bits per heavy atom. The molecule has 108 valence electrons. The van der Waals surface area contributed by atoms with Crippen molar-refractivity contribution in [3.05, 3.63) is 35.4 Å². The minimum atomic E-state index is 0. The normalized spacial score (nSPS) is 15.3. The number of aliphatic hydroxyl groups excluding tert-OH is 1. The van der Waals surface area contributed by atoms with Gasteiger partial charge in [-0.1, -0.05) is 0 Å². The third-order valence-electron chi connectivity index (χ3n) is 3.48. The third-order valence-corrected chi connectivity index (χ3v) is 3.48. The quantitative estimate of drug-likeness (QED) is 0.596. The fourth-order valence-electron chi connectivity index (χ4n) is 2.30. The number of nitrogens with zero attached hydrogens (tertiary/aromatic N) is 2. The Morgan fingerprint density at radius 3 is 2.40 bits per heavy atom. The van der Waals surface area contributed by atoms with Crippen LogP contribution in [0.1, 0.15) is 15.9 Å². The molecule has 0 atom stereocenters. The summed E-state index contributed by atoms with van der Waals surface area (Å²) in [6, 6.07) is 8.78. The number of hydrogen-bond acceptors (Lipinski definition) is 3. The van der Waals surface area contributed by atoms with E-state index in [9.17, 15) is 4.79 Å². The third kappa shape index (κ3) is 3.94. The minimum absolute atomic E-state index is 0. The summed E-state index contributed by atoms with van der Waals surface area (Å²) in [5, 5.41) is 17.6. The number of hydrogen-bond donors (Lipinski definition) is 2. The lowest BCUT2D eigenvalue weighted by molar-refractivity contribution is -0.904. The maximum Gasteiger partial charge on any atom is 0.254 e.